The Labute approximate surface area is 121 Å². The molecular weight excluding hydrogens is 277 g/mol. The maximum atomic E-state index is 13.7. The first-order valence-corrected chi connectivity index (χ1v) is 6.56. The molecule has 6 heteroatoms. The first-order chi connectivity index (χ1) is 9.88. The third kappa shape index (κ3) is 2.49. The summed E-state index contributed by atoms with van der Waals surface area (Å²) >= 11 is 0. The Morgan fingerprint density at radius 1 is 1.43 bits per heavy atom. The summed E-state index contributed by atoms with van der Waals surface area (Å²) in [5.74, 6) is -2.24. The van der Waals surface area contributed by atoms with Gasteiger partial charge in [0.2, 0.25) is 0 Å². The number of carboxylic acid groups (broad SMARTS) is 1. The second-order valence-corrected chi connectivity index (χ2v) is 4.85. The fourth-order valence-corrected chi connectivity index (χ4v) is 2.33. The van der Waals surface area contributed by atoms with E-state index in [1.54, 1.807) is 19.9 Å². The summed E-state index contributed by atoms with van der Waals surface area (Å²) < 4.78 is 19.0. The van der Waals surface area contributed by atoms with Crippen LogP contribution < -0.4 is 0 Å². The van der Waals surface area contributed by atoms with Crippen LogP contribution in [0.3, 0.4) is 0 Å². The van der Waals surface area contributed by atoms with E-state index in [2.05, 4.69) is 0 Å². The van der Waals surface area contributed by atoms with E-state index in [1.165, 1.54) is 19.2 Å². The lowest BCUT2D eigenvalue weighted by Crippen LogP contribution is -2.42. The molecule has 0 fully saturated rings. The van der Waals surface area contributed by atoms with Gasteiger partial charge in [-0.2, -0.15) is 0 Å². The minimum absolute atomic E-state index is 0.00937. The molecule has 0 aliphatic heterocycles. The second-order valence-electron chi connectivity index (χ2n) is 4.85. The fraction of sp³-hybridized carbons (Fsp3) is 0.333. The van der Waals surface area contributed by atoms with Crippen molar-refractivity contribution in [3.8, 4) is 0 Å². The van der Waals surface area contributed by atoms with Crippen LogP contribution in [0.5, 0.6) is 0 Å². The minimum atomic E-state index is -1.09. The SMILES string of the molecule is CCC(C(=O)O)N(C)C(=O)c1oc2c(F)cccc2c1C. The van der Waals surface area contributed by atoms with Gasteiger partial charge in [0.1, 0.15) is 6.04 Å². The molecular formula is C15H16FNO4. The lowest BCUT2D eigenvalue weighted by molar-refractivity contribution is -0.142. The molecule has 2 rings (SSSR count). The van der Waals surface area contributed by atoms with Crippen molar-refractivity contribution in [2.45, 2.75) is 26.3 Å². The van der Waals surface area contributed by atoms with Gasteiger partial charge in [0.05, 0.1) is 0 Å². The number of aliphatic carboxylic acids is 1. The molecule has 0 spiro atoms. The molecule has 1 N–H and O–H groups in total. The Morgan fingerprint density at radius 3 is 2.62 bits per heavy atom. The number of aryl methyl sites for hydroxylation is 1. The Kier molecular flexibility index (Phi) is 3.97. The molecule has 112 valence electrons. The van der Waals surface area contributed by atoms with Crippen molar-refractivity contribution in [3.63, 3.8) is 0 Å². The van der Waals surface area contributed by atoms with Gasteiger partial charge in [-0.1, -0.05) is 19.1 Å². The fourth-order valence-electron chi connectivity index (χ4n) is 2.33. The summed E-state index contributed by atoms with van der Waals surface area (Å²) in [5.41, 5.74) is 0.511. The molecule has 0 bridgehead atoms. The van der Waals surface area contributed by atoms with E-state index >= 15 is 0 Å². The molecule has 0 saturated heterocycles. The first kappa shape index (κ1) is 15.0. The van der Waals surface area contributed by atoms with Crippen LogP contribution in [0.25, 0.3) is 11.0 Å². The lowest BCUT2D eigenvalue weighted by atomic mass is 10.1. The van der Waals surface area contributed by atoms with E-state index < -0.39 is 23.7 Å². The molecule has 1 aromatic carbocycles. The van der Waals surface area contributed by atoms with Crippen LogP contribution in [0.4, 0.5) is 4.39 Å². The summed E-state index contributed by atoms with van der Waals surface area (Å²) in [5, 5.41) is 9.62. The van der Waals surface area contributed by atoms with E-state index in [0.29, 0.717) is 10.9 Å². The zero-order valence-corrected chi connectivity index (χ0v) is 12.0. The normalized spacial score (nSPS) is 12.4. The van der Waals surface area contributed by atoms with Crippen LogP contribution in [0, 0.1) is 12.7 Å². The molecule has 0 saturated carbocycles. The smallest absolute Gasteiger partial charge is 0.326 e. The van der Waals surface area contributed by atoms with Gasteiger partial charge >= 0.3 is 5.97 Å². The average Bonchev–Trinajstić information content (AvgIpc) is 2.77. The summed E-state index contributed by atoms with van der Waals surface area (Å²) in [6.07, 6.45) is 0.269. The Balaban J connectivity index is 2.47. The number of fused-ring (bicyclic) bond motifs is 1. The van der Waals surface area contributed by atoms with Crippen LogP contribution >= 0.6 is 0 Å². The average molecular weight is 293 g/mol. The molecule has 1 atom stereocenters. The molecule has 21 heavy (non-hydrogen) atoms. The second kappa shape index (κ2) is 5.55. The highest BCUT2D eigenvalue weighted by Gasteiger charge is 2.29. The number of nitrogens with zero attached hydrogens (tertiary/aromatic N) is 1. The molecule has 1 unspecified atom stereocenters. The third-order valence-corrected chi connectivity index (χ3v) is 3.57. The van der Waals surface area contributed by atoms with Gasteiger partial charge in [0.25, 0.3) is 5.91 Å². The van der Waals surface area contributed by atoms with Crippen molar-refractivity contribution in [1.82, 2.24) is 4.90 Å². The van der Waals surface area contributed by atoms with Crippen molar-refractivity contribution in [2.24, 2.45) is 0 Å². The number of amides is 1. The molecule has 2 aromatic rings. The Morgan fingerprint density at radius 2 is 2.10 bits per heavy atom. The van der Waals surface area contributed by atoms with Gasteiger partial charge < -0.3 is 14.4 Å². The number of benzene rings is 1. The van der Waals surface area contributed by atoms with E-state index in [4.69, 9.17) is 9.52 Å². The highest BCUT2D eigenvalue weighted by Crippen LogP contribution is 2.28. The standard InChI is InChI=1S/C15H16FNO4/c1-4-11(15(19)20)17(3)14(18)12-8(2)9-6-5-7-10(16)13(9)21-12/h5-7,11H,4H2,1-3H3,(H,19,20). The summed E-state index contributed by atoms with van der Waals surface area (Å²) in [6, 6.07) is 3.48. The van der Waals surface area contributed by atoms with Gasteiger partial charge in [-0.05, 0) is 19.4 Å². The highest BCUT2D eigenvalue weighted by molar-refractivity contribution is 6.00. The topological polar surface area (TPSA) is 70.8 Å². The monoisotopic (exact) mass is 293 g/mol. The number of hydrogen-bond donors (Lipinski definition) is 1. The van der Waals surface area contributed by atoms with Crippen LogP contribution in [0.2, 0.25) is 0 Å². The van der Waals surface area contributed by atoms with Gasteiger partial charge in [-0.15, -0.1) is 0 Å². The molecule has 1 aromatic heterocycles. The van der Waals surface area contributed by atoms with Gasteiger partial charge in [0, 0.05) is 18.0 Å². The maximum Gasteiger partial charge on any atom is 0.326 e. The van der Waals surface area contributed by atoms with Crippen molar-refractivity contribution in [3.05, 3.63) is 35.3 Å². The number of halogens is 1. The number of carbonyl (C=O) groups excluding carboxylic acids is 1. The molecule has 0 radical (unpaired) electrons. The van der Waals surface area contributed by atoms with Crippen molar-refractivity contribution >= 4 is 22.8 Å². The zero-order chi connectivity index (χ0) is 15.7. The molecule has 0 aliphatic carbocycles. The highest BCUT2D eigenvalue weighted by atomic mass is 19.1. The summed E-state index contributed by atoms with van der Waals surface area (Å²) in [4.78, 5) is 24.6. The number of rotatable bonds is 4. The Bertz CT molecular complexity index is 707. The van der Waals surface area contributed by atoms with Crippen LogP contribution in [-0.2, 0) is 4.79 Å². The number of carbonyl (C=O) groups is 2. The maximum absolute atomic E-state index is 13.7. The van der Waals surface area contributed by atoms with E-state index in [1.807, 2.05) is 0 Å². The predicted octanol–water partition coefficient (Wildman–Crippen LogP) is 2.82. The van der Waals surface area contributed by atoms with Gasteiger partial charge in [-0.25, -0.2) is 9.18 Å². The minimum Gasteiger partial charge on any atom is -0.480 e. The van der Waals surface area contributed by atoms with Crippen LogP contribution in [0.15, 0.2) is 22.6 Å². The third-order valence-electron chi connectivity index (χ3n) is 3.57. The van der Waals surface area contributed by atoms with Gasteiger partial charge in [0.15, 0.2) is 17.2 Å². The van der Waals surface area contributed by atoms with Crippen LogP contribution in [0.1, 0.15) is 29.5 Å². The van der Waals surface area contributed by atoms with Gasteiger partial charge in [-0.3, -0.25) is 4.79 Å². The Hall–Kier alpha value is -2.37. The number of hydrogen-bond acceptors (Lipinski definition) is 3. The molecule has 5 nitrogen and oxygen atoms in total. The summed E-state index contributed by atoms with van der Waals surface area (Å²) in [7, 11) is 1.40. The molecule has 1 amide bonds. The lowest BCUT2D eigenvalue weighted by Gasteiger charge is -2.22. The van der Waals surface area contributed by atoms with Crippen LogP contribution in [-0.4, -0.2) is 35.0 Å². The predicted molar refractivity (Wildman–Crippen MR) is 74.7 cm³/mol. The largest absolute Gasteiger partial charge is 0.480 e. The molecule has 1 heterocycles. The number of para-hydroxylation sites is 1. The van der Waals surface area contributed by atoms with Crippen molar-refractivity contribution in [2.75, 3.05) is 7.05 Å². The van der Waals surface area contributed by atoms with Crippen molar-refractivity contribution < 1.29 is 23.5 Å². The quantitative estimate of drug-likeness (QED) is 0.941. The number of furan rings is 1. The van der Waals surface area contributed by atoms with E-state index in [0.717, 1.165) is 4.90 Å². The summed E-state index contributed by atoms with van der Waals surface area (Å²) in [6.45, 7) is 3.32. The zero-order valence-electron chi connectivity index (χ0n) is 12.0. The van der Waals surface area contributed by atoms with E-state index in [9.17, 15) is 14.0 Å². The number of likely N-dealkylation sites (N-methyl/N-ethyl adjacent to an activating group) is 1. The first-order valence-electron chi connectivity index (χ1n) is 6.56. The number of carboxylic acids is 1. The van der Waals surface area contributed by atoms with E-state index in [-0.39, 0.29) is 17.8 Å². The molecule has 0 aliphatic rings. The van der Waals surface area contributed by atoms with Crippen molar-refractivity contribution in [1.29, 1.82) is 0 Å².